The standard InChI is InChI=1S/C9H9ClN2/c1-6-3-7-5-11-9(10)4-8(7)12(6)2/h3-5H,1-2H3. The molecule has 2 aromatic rings. The Balaban J connectivity index is 2.88. The van der Waals surface area contributed by atoms with E-state index in [1.54, 1.807) is 6.20 Å². The number of aromatic nitrogens is 2. The molecular formula is C9H9ClN2. The molecule has 3 heteroatoms. The van der Waals surface area contributed by atoms with Gasteiger partial charge in [-0.05, 0) is 19.1 Å². The van der Waals surface area contributed by atoms with Crippen LogP contribution in [-0.4, -0.2) is 9.55 Å². The Labute approximate surface area is 75.8 Å². The lowest BCUT2D eigenvalue weighted by molar-refractivity contribution is 0.917. The summed E-state index contributed by atoms with van der Waals surface area (Å²) in [5, 5.41) is 1.68. The van der Waals surface area contributed by atoms with Crippen molar-refractivity contribution < 1.29 is 0 Å². The zero-order valence-electron chi connectivity index (χ0n) is 7.00. The van der Waals surface area contributed by atoms with Crippen LogP contribution < -0.4 is 0 Å². The van der Waals surface area contributed by atoms with Gasteiger partial charge >= 0.3 is 0 Å². The number of hydrogen-bond acceptors (Lipinski definition) is 1. The Bertz CT molecular complexity index is 431. The second-order valence-corrected chi connectivity index (χ2v) is 3.30. The SMILES string of the molecule is Cc1cc2cnc(Cl)cc2n1C. The zero-order valence-corrected chi connectivity index (χ0v) is 7.76. The topological polar surface area (TPSA) is 17.8 Å². The van der Waals surface area contributed by atoms with E-state index in [9.17, 15) is 0 Å². The number of nitrogens with zero attached hydrogens (tertiary/aromatic N) is 2. The molecule has 0 atom stereocenters. The lowest BCUT2D eigenvalue weighted by Gasteiger charge is -1.97. The molecule has 2 rings (SSSR count). The van der Waals surface area contributed by atoms with Gasteiger partial charge in [0, 0.05) is 24.3 Å². The summed E-state index contributed by atoms with van der Waals surface area (Å²) in [6.07, 6.45) is 1.80. The molecule has 2 nitrogen and oxygen atoms in total. The smallest absolute Gasteiger partial charge is 0.131 e. The van der Waals surface area contributed by atoms with Crippen molar-refractivity contribution in [2.24, 2.45) is 7.05 Å². The fraction of sp³-hybridized carbons (Fsp3) is 0.222. The fourth-order valence-corrected chi connectivity index (χ4v) is 1.50. The summed E-state index contributed by atoms with van der Waals surface area (Å²) in [7, 11) is 2.02. The monoisotopic (exact) mass is 180 g/mol. The minimum atomic E-state index is 0.545. The summed E-state index contributed by atoms with van der Waals surface area (Å²) in [5.74, 6) is 0. The van der Waals surface area contributed by atoms with Crippen LogP contribution >= 0.6 is 11.6 Å². The maximum Gasteiger partial charge on any atom is 0.131 e. The molecule has 2 heterocycles. The zero-order chi connectivity index (χ0) is 8.72. The first kappa shape index (κ1) is 7.62. The van der Waals surface area contributed by atoms with Crippen molar-refractivity contribution in [3.8, 4) is 0 Å². The van der Waals surface area contributed by atoms with Crippen molar-refractivity contribution in [3.63, 3.8) is 0 Å². The number of aryl methyl sites for hydroxylation is 2. The van der Waals surface area contributed by atoms with Gasteiger partial charge in [0.1, 0.15) is 5.15 Å². The summed E-state index contributed by atoms with van der Waals surface area (Å²) < 4.78 is 2.10. The third-order valence-corrected chi connectivity index (χ3v) is 2.34. The van der Waals surface area contributed by atoms with Crippen molar-refractivity contribution >= 4 is 22.5 Å². The van der Waals surface area contributed by atoms with Gasteiger partial charge in [-0.2, -0.15) is 0 Å². The van der Waals surface area contributed by atoms with Crippen molar-refractivity contribution in [2.75, 3.05) is 0 Å². The van der Waals surface area contributed by atoms with E-state index in [0.717, 1.165) is 10.9 Å². The highest BCUT2D eigenvalue weighted by molar-refractivity contribution is 6.30. The van der Waals surface area contributed by atoms with Crippen molar-refractivity contribution in [3.05, 3.63) is 29.2 Å². The third kappa shape index (κ3) is 0.994. The van der Waals surface area contributed by atoms with E-state index >= 15 is 0 Å². The highest BCUT2D eigenvalue weighted by Crippen LogP contribution is 2.19. The molecule has 0 aliphatic rings. The lowest BCUT2D eigenvalue weighted by Crippen LogP contribution is -1.89. The van der Waals surface area contributed by atoms with Crippen LogP contribution in [0.4, 0.5) is 0 Å². The van der Waals surface area contributed by atoms with E-state index in [1.807, 2.05) is 13.1 Å². The van der Waals surface area contributed by atoms with Crippen LogP contribution in [0.3, 0.4) is 0 Å². The molecule has 0 aliphatic heterocycles. The van der Waals surface area contributed by atoms with Crippen molar-refractivity contribution in [1.29, 1.82) is 0 Å². The number of halogens is 1. The molecule has 0 spiro atoms. The van der Waals surface area contributed by atoms with Gasteiger partial charge in [0.05, 0.1) is 5.52 Å². The van der Waals surface area contributed by atoms with Crippen molar-refractivity contribution in [2.45, 2.75) is 6.92 Å². The fourth-order valence-electron chi connectivity index (χ4n) is 1.34. The Morgan fingerprint density at radius 2 is 2.17 bits per heavy atom. The molecule has 0 radical (unpaired) electrons. The molecule has 0 unspecified atom stereocenters. The molecule has 0 fully saturated rings. The van der Waals surface area contributed by atoms with Gasteiger partial charge in [-0.3, -0.25) is 0 Å². The highest BCUT2D eigenvalue weighted by Gasteiger charge is 2.02. The lowest BCUT2D eigenvalue weighted by atomic mass is 10.3. The molecule has 0 aliphatic carbocycles. The van der Waals surface area contributed by atoms with E-state index in [0.29, 0.717) is 5.15 Å². The summed E-state index contributed by atoms with van der Waals surface area (Å²) in [5.41, 5.74) is 2.35. The number of fused-ring (bicyclic) bond motifs is 1. The van der Waals surface area contributed by atoms with E-state index in [4.69, 9.17) is 11.6 Å². The summed E-state index contributed by atoms with van der Waals surface area (Å²) in [6.45, 7) is 2.06. The molecular weight excluding hydrogens is 172 g/mol. The third-order valence-electron chi connectivity index (χ3n) is 2.13. The van der Waals surface area contributed by atoms with Crippen LogP contribution in [0.25, 0.3) is 10.9 Å². The average molecular weight is 181 g/mol. The first-order chi connectivity index (χ1) is 5.68. The van der Waals surface area contributed by atoms with Gasteiger partial charge in [-0.25, -0.2) is 4.98 Å². The average Bonchev–Trinajstić information content (AvgIpc) is 2.31. The van der Waals surface area contributed by atoms with Gasteiger partial charge < -0.3 is 4.57 Å². The minimum Gasteiger partial charge on any atom is -0.348 e. The predicted octanol–water partition coefficient (Wildman–Crippen LogP) is 2.54. The van der Waals surface area contributed by atoms with E-state index in [2.05, 4.69) is 22.5 Å². The normalized spacial score (nSPS) is 10.9. The summed E-state index contributed by atoms with van der Waals surface area (Å²) in [4.78, 5) is 4.01. The van der Waals surface area contributed by atoms with Crippen LogP contribution in [0.1, 0.15) is 5.69 Å². The van der Waals surface area contributed by atoms with E-state index in [1.165, 1.54) is 5.69 Å². The minimum absolute atomic E-state index is 0.545. The molecule has 62 valence electrons. The molecule has 12 heavy (non-hydrogen) atoms. The van der Waals surface area contributed by atoms with Gasteiger partial charge in [0.25, 0.3) is 0 Å². The molecule has 0 amide bonds. The Morgan fingerprint density at radius 1 is 1.42 bits per heavy atom. The Morgan fingerprint density at radius 3 is 2.92 bits per heavy atom. The Kier molecular flexibility index (Phi) is 1.58. The van der Waals surface area contributed by atoms with Crippen LogP contribution in [0, 0.1) is 6.92 Å². The Hall–Kier alpha value is -1.02. The van der Waals surface area contributed by atoms with Crippen molar-refractivity contribution in [1.82, 2.24) is 9.55 Å². The van der Waals surface area contributed by atoms with Gasteiger partial charge in [-0.15, -0.1) is 0 Å². The first-order valence-corrected chi connectivity index (χ1v) is 4.14. The maximum atomic E-state index is 5.78. The molecule has 0 saturated heterocycles. The maximum absolute atomic E-state index is 5.78. The molecule has 0 N–H and O–H groups in total. The highest BCUT2D eigenvalue weighted by atomic mass is 35.5. The first-order valence-electron chi connectivity index (χ1n) is 3.76. The second kappa shape index (κ2) is 2.49. The van der Waals surface area contributed by atoms with Gasteiger partial charge in [0.2, 0.25) is 0 Å². The molecule has 0 saturated carbocycles. The summed E-state index contributed by atoms with van der Waals surface area (Å²) in [6, 6.07) is 3.97. The van der Waals surface area contributed by atoms with Crippen LogP contribution in [0.5, 0.6) is 0 Å². The number of hydrogen-bond donors (Lipinski definition) is 0. The van der Waals surface area contributed by atoms with Crippen LogP contribution in [-0.2, 0) is 7.05 Å². The quantitative estimate of drug-likeness (QED) is 0.570. The summed E-state index contributed by atoms with van der Waals surface area (Å²) >= 11 is 5.78. The van der Waals surface area contributed by atoms with Gasteiger partial charge in [0.15, 0.2) is 0 Å². The number of rotatable bonds is 0. The number of pyridine rings is 1. The predicted molar refractivity (Wildman–Crippen MR) is 50.5 cm³/mol. The van der Waals surface area contributed by atoms with E-state index < -0.39 is 0 Å². The largest absolute Gasteiger partial charge is 0.348 e. The molecule has 2 aromatic heterocycles. The molecule has 0 aromatic carbocycles. The van der Waals surface area contributed by atoms with Gasteiger partial charge in [-0.1, -0.05) is 11.6 Å². The van der Waals surface area contributed by atoms with Crippen LogP contribution in [0.2, 0.25) is 5.15 Å². The van der Waals surface area contributed by atoms with E-state index in [-0.39, 0.29) is 0 Å². The second-order valence-electron chi connectivity index (χ2n) is 2.91. The molecule has 0 bridgehead atoms. The van der Waals surface area contributed by atoms with Crippen LogP contribution in [0.15, 0.2) is 18.3 Å².